The summed E-state index contributed by atoms with van der Waals surface area (Å²) >= 11 is 0. The van der Waals surface area contributed by atoms with E-state index in [1.165, 1.54) is 12.8 Å². The third kappa shape index (κ3) is 4.01. The molecule has 142 valence electrons. The highest BCUT2D eigenvalue weighted by molar-refractivity contribution is 5.96. The number of hydrogen-bond donors (Lipinski definition) is 2. The van der Waals surface area contributed by atoms with Gasteiger partial charge in [0.1, 0.15) is 0 Å². The molecule has 1 aliphatic rings. The molecular weight excluding hydrogens is 350 g/mol. The Morgan fingerprint density at radius 2 is 1.61 bits per heavy atom. The van der Waals surface area contributed by atoms with Crippen molar-refractivity contribution < 1.29 is 4.79 Å². The summed E-state index contributed by atoms with van der Waals surface area (Å²) < 4.78 is 0. The summed E-state index contributed by atoms with van der Waals surface area (Å²) in [5.41, 5.74) is 9.29. The van der Waals surface area contributed by atoms with Gasteiger partial charge >= 0.3 is 0 Å². The van der Waals surface area contributed by atoms with Crippen molar-refractivity contribution in [2.45, 2.75) is 31.6 Å². The van der Waals surface area contributed by atoms with Gasteiger partial charge in [0, 0.05) is 36.0 Å². The molecule has 1 saturated carbocycles. The highest BCUT2D eigenvalue weighted by Gasteiger charge is 2.32. The predicted molar refractivity (Wildman–Crippen MR) is 109 cm³/mol. The van der Waals surface area contributed by atoms with Crippen molar-refractivity contribution in [3.05, 3.63) is 66.7 Å². The number of carbonyl (C=O) groups excluding carboxylic acids is 1. The van der Waals surface area contributed by atoms with Gasteiger partial charge in [-0.05, 0) is 42.0 Å². The average Bonchev–Trinajstić information content (AvgIpc) is 3.24. The molecule has 28 heavy (non-hydrogen) atoms. The van der Waals surface area contributed by atoms with E-state index in [0.29, 0.717) is 5.92 Å². The number of nitrogens with zero attached hydrogens (tertiary/aromatic N) is 3. The summed E-state index contributed by atoms with van der Waals surface area (Å²) in [6, 6.07) is 11.8. The van der Waals surface area contributed by atoms with Crippen LogP contribution in [0.2, 0.25) is 0 Å². The molecule has 1 aromatic carbocycles. The molecule has 2 aromatic heterocycles. The molecule has 1 aliphatic carbocycles. The summed E-state index contributed by atoms with van der Waals surface area (Å²) in [6.07, 6.45) is 11.3. The Labute approximate surface area is 164 Å². The van der Waals surface area contributed by atoms with Crippen molar-refractivity contribution in [3.8, 4) is 11.1 Å². The van der Waals surface area contributed by atoms with Gasteiger partial charge in [-0.1, -0.05) is 37.1 Å². The molecule has 0 spiro atoms. The molecule has 0 radical (unpaired) electrons. The molecule has 3 aromatic rings. The first-order valence-corrected chi connectivity index (χ1v) is 9.59. The summed E-state index contributed by atoms with van der Waals surface area (Å²) in [5.74, 6) is 0.510. The number of benzene rings is 1. The smallest absolute Gasteiger partial charge is 0.232 e. The zero-order valence-corrected chi connectivity index (χ0v) is 15.6. The van der Waals surface area contributed by atoms with Gasteiger partial charge in [-0.2, -0.15) is 0 Å². The van der Waals surface area contributed by atoms with Crippen LogP contribution in [0.1, 0.15) is 37.2 Å². The standard InChI is InChI=1S/C22H23N5O/c23-22-25-13-18(14-26-22)15-5-7-17(8-6-15)20(16-3-1-2-4-16)21(28)27-19-9-11-24-12-10-19/h5-14,16,20H,1-4H2,(H2,23,25,26)(H,24,27,28). The number of carbonyl (C=O) groups is 1. The molecule has 0 aliphatic heterocycles. The fourth-order valence-electron chi connectivity index (χ4n) is 3.95. The number of aromatic nitrogens is 3. The van der Waals surface area contributed by atoms with Crippen LogP contribution in [-0.4, -0.2) is 20.9 Å². The van der Waals surface area contributed by atoms with E-state index in [-0.39, 0.29) is 17.8 Å². The van der Waals surface area contributed by atoms with Gasteiger partial charge in [-0.3, -0.25) is 9.78 Å². The van der Waals surface area contributed by atoms with Crippen LogP contribution in [0.25, 0.3) is 11.1 Å². The van der Waals surface area contributed by atoms with Crippen LogP contribution in [-0.2, 0) is 4.79 Å². The number of pyridine rings is 1. The van der Waals surface area contributed by atoms with Gasteiger partial charge < -0.3 is 11.1 Å². The Bertz CT molecular complexity index is 919. The SMILES string of the molecule is Nc1ncc(-c2ccc(C(C(=O)Nc3ccncc3)C3CCCC3)cc2)cn1. The Hall–Kier alpha value is -3.28. The van der Waals surface area contributed by atoms with Crippen molar-refractivity contribution >= 4 is 17.5 Å². The summed E-state index contributed by atoms with van der Waals surface area (Å²) in [4.78, 5) is 25.2. The highest BCUT2D eigenvalue weighted by atomic mass is 16.1. The van der Waals surface area contributed by atoms with Gasteiger partial charge in [0.25, 0.3) is 0 Å². The molecule has 2 heterocycles. The minimum absolute atomic E-state index is 0.0432. The van der Waals surface area contributed by atoms with Gasteiger partial charge in [0.05, 0.1) is 5.92 Å². The molecule has 0 saturated heterocycles. The fraction of sp³-hybridized carbons (Fsp3) is 0.273. The van der Waals surface area contributed by atoms with Crippen LogP contribution >= 0.6 is 0 Å². The van der Waals surface area contributed by atoms with Crippen LogP contribution < -0.4 is 11.1 Å². The quantitative estimate of drug-likeness (QED) is 0.704. The van der Waals surface area contributed by atoms with E-state index in [0.717, 1.165) is 35.2 Å². The molecule has 6 heteroatoms. The van der Waals surface area contributed by atoms with Crippen LogP contribution in [0.4, 0.5) is 11.6 Å². The fourth-order valence-corrected chi connectivity index (χ4v) is 3.95. The molecule has 1 amide bonds. The Kier molecular flexibility index (Phi) is 5.28. The molecule has 1 unspecified atom stereocenters. The zero-order valence-electron chi connectivity index (χ0n) is 15.6. The summed E-state index contributed by atoms with van der Waals surface area (Å²) in [6.45, 7) is 0. The highest BCUT2D eigenvalue weighted by Crippen LogP contribution is 2.38. The van der Waals surface area contributed by atoms with Gasteiger partial charge in [0.2, 0.25) is 11.9 Å². The first kappa shape index (κ1) is 18.1. The van der Waals surface area contributed by atoms with E-state index in [9.17, 15) is 4.79 Å². The maximum absolute atomic E-state index is 13.1. The van der Waals surface area contributed by atoms with Crippen molar-refractivity contribution in [3.63, 3.8) is 0 Å². The number of hydrogen-bond acceptors (Lipinski definition) is 5. The van der Waals surface area contributed by atoms with E-state index >= 15 is 0 Å². The third-order valence-electron chi connectivity index (χ3n) is 5.38. The monoisotopic (exact) mass is 373 g/mol. The number of amides is 1. The normalized spacial score (nSPS) is 15.3. The minimum Gasteiger partial charge on any atom is -0.368 e. The molecule has 4 rings (SSSR count). The Morgan fingerprint density at radius 1 is 0.964 bits per heavy atom. The van der Waals surface area contributed by atoms with Gasteiger partial charge in [-0.15, -0.1) is 0 Å². The van der Waals surface area contributed by atoms with Gasteiger partial charge in [-0.25, -0.2) is 9.97 Å². The molecule has 0 bridgehead atoms. The average molecular weight is 373 g/mol. The van der Waals surface area contributed by atoms with Gasteiger partial charge in [0.15, 0.2) is 0 Å². The topological polar surface area (TPSA) is 93.8 Å². The molecule has 1 fully saturated rings. The lowest BCUT2D eigenvalue weighted by Crippen LogP contribution is -2.26. The maximum Gasteiger partial charge on any atom is 0.232 e. The van der Waals surface area contributed by atoms with E-state index in [4.69, 9.17) is 5.73 Å². The summed E-state index contributed by atoms with van der Waals surface area (Å²) in [5, 5.41) is 3.06. The maximum atomic E-state index is 13.1. The largest absolute Gasteiger partial charge is 0.368 e. The van der Waals surface area contributed by atoms with E-state index < -0.39 is 0 Å². The third-order valence-corrected chi connectivity index (χ3v) is 5.38. The van der Waals surface area contributed by atoms with Crippen molar-refractivity contribution in [1.29, 1.82) is 0 Å². The molecule has 1 atom stereocenters. The first-order chi connectivity index (χ1) is 13.7. The zero-order chi connectivity index (χ0) is 19.3. The van der Waals surface area contributed by atoms with E-state index in [1.54, 1.807) is 24.8 Å². The Balaban J connectivity index is 1.59. The minimum atomic E-state index is -0.160. The van der Waals surface area contributed by atoms with Crippen LogP contribution in [0.15, 0.2) is 61.2 Å². The number of nitrogens with two attached hydrogens (primary N) is 1. The van der Waals surface area contributed by atoms with Crippen LogP contribution in [0, 0.1) is 5.92 Å². The van der Waals surface area contributed by atoms with Crippen LogP contribution in [0.3, 0.4) is 0 Å². The lowest BCUT2D eigenvalue weighted by Gasteiger charge is -2.23. The Morgan fingerprint density at radius 3 is 2.25 bits per heavy atom. The van der Waals surface area contributed by atoms with E-state index in [2.05, 4.69) is 20.3 Å². The predicted octanol–water partition coefficient (Wildman–Crippen LogP) is 4.03. The van der Waals surface area contributed by atoms with E-state index in [1.807, 2.05) is 36.4 Å². The summed E-state index contributed by atoms with van der Waals surface area (Å²) in [7, 11) is 0. The molecule has 3 N–H and O–H groups in total. The number of rotatable bonds is 5. The lowest BCUT2D eigenvalue weighted by atomic mass is 9.83. The second kappa shape index (κ2) is 8.17. The van der Waals surface area contributed by atoms with Crippen molar-refractivity contribution in [2.24, 2.45) is 5.92 Å². The molecular formula is C22H23N5O. The molecule has 6 nitrogen and oxygen atoms in total. The van der Waals surface area contributed by atoms with Crippen LogP contribution in [0.5, 0.6) is 0 Å². The number of anilines is 2. The number of nitrogens with one attached hydrogen (secondary N) is 1. The first-order valence-electron chi connectivity index (χ1n) is 9.59. The second-order valence-electron chi connectivity index (χ2n) is 7.20. The van der Waals surface area contributed by atoms with Crippen molar-refractivity contribution in [2.75, 3.05) is 11.1 Å². The number of nitrogen functional groups attached to an aromatic ring is 1. The van der Waals surface area contributed by atoms with Crippen molar-refractivity contribution in [1.82, 2.24) is 15.0 Å². The second-order valence-corrected chi connectivity index (χ2v) is 7.20. The lowest BCUT2D eigenvalue weighted by molar-refractivity contribution is -0.118.